The number of anilines is 1. The Morgan fingerprint density at radius 3 is 2.42 bits per heavy atom. The first-order valence-corrected chi connectivity index (χ1v) is 13.6. The molecule has 0 aromatic heterocycles. The second-order valence-electron chi connectivity index (χ2n) is 10.1. The van der Waals surface area contributed by atoms with E-state index in [2.05, 4.69) is 61.2 Å². The topological polar surface area (TPSA) is 75.2 Å². The third kappa shape index (κ3) is 5.19. The summed E-state index contributed by atoms with van der Waals surface area (Å²) in [6, 6.07) is 19.4. The van der Waals surface area contributed by atoms with E-state index in [9.17, 15) is 0 Å². The number of hydrogen-bond acceptors (Lipinski definition) is 4. The summed E-state index contributed by atoms with van der Waals surface area (Å²) in [5.74, 6) is 0.797. The fourth-order valence-electron chi connectivity index (χ4n) is 5.65. The highest BCUT2D eigenvalue weighted by Gasteiger charge is 2.22. The lowest BCUT2D eigenvalue weighted by molar-refractivity contribution is 0.578. The predicted octanol–water partition coefficient (Wildman–Crippen LogP) is 8.52. The van der Waals surface area contributed by atoms with Gasteiger partial charge in [0.1, 0.15) is 11.3 Å². The molecule has 1 fully saturated rings. The zero-order valence-electron chi connectivity index (χ0n) is 22.0. The van der Waals surface area contributed by atoms with Crippen LogP contribution in [-0.4, -0.2) is 13.1 Å². The average molecular weight is 484 g/mol. The molecule has 2 aromatic rings. The van der Waals surface area contributed by atoms with Gasteiger partial charge in [0.2, 0.25) is 0 Å². The minimum atomic E-state index is 0. The van der Waals surface area contributed by atoms with Crippen molar-refractivity contribution in [3.05, 3.63) is 71.1 Å². The van der Waals surface area contributed by atoms with Crippen LogP contribution in [0.1, 0.15) is 69.9 Å². The van der Waals surface area contributed by atoms with E-state index in [0.29, 0.717) is 5.36 Å². The number of hydrogen-bond donors (Lipinski definition) is 2. The maximum absolute atomic E-state index is 8.20. The molecule has 5 rings (SSSR count). The van der Waals surface area contributed by atoms with Crippen molar-refractivity contribution in [2.75, 3.05) is 18.0 Å². The third-order valence-corrected chi connectivity index (χ3v) is 7.53. The Bertz CT molecular complexity index is 1330. The van der Waals surface area contributed by atoms with Gasteiger partial charge in [-0.1, -0.05) is 44.9 Å². The quantitative estimate of drug-likeness (QED) is 0.247. The molecule has 4 heteroatoms. The molecule has 1 saturated heterocycles. The molecule has 2 aliphatic heterocycles. The first kappa shape index (κ1) is 26.0. The van der Waals surface area contributed by atoms with Gasteiger partial charge >= 0.3 is 0 Å². The van der Waals surface area contributed by atoms with E-state index >= 15 is 0 Å². The summed E-state index contributed by atoms with van der Waals surface area (Å²) in [6.45, 7) is 6.82. The molecule has 0 unspecified atom stereocenters. The lowest BCUT2D eigenvalue weighted by Crippen LogP contribution is -2.29. The number of nitrogens with zero attached hydrogens (tertiary/aromatic N) is 1. The second-order valence-corrected chi connectivity index (χ2v) is 10.1. The summed E-state index contributed by atoms with van der Waals surface area (Å²) in [4.78, 5) is 2.54. The molecule has 1 aliphatic carbocycles. The van der Waals surface area contributed by atoms with Gasteiger partial charge in [-0.15, -0.1) is 0 Å². The molecule has 0 atom stereocenters. The molecule has 0 bridgehead atoms. The van der Waals surface area contributed by atoms with Crippen molar-refractivity contribution in [3.8, 4) is 22.5 Å². The zero-order valence-corrected chi connectivity index (χ0v) is 22.0. The molecule has 0 saturated carbocycles. The van der Waals surface area contributed by atoms with Crippen LogP contribution in [0, 0.1) is 5.41 Å². The molecular formula is C32H41N3O. The van der Waals surface area contributed by atoms with E-state index in [0.717, 1.165) is 42.8 Å². The first-order chi connectivity index (χ1) is 17.2. The van der Waals surface area contributed by atoms with Gasteiger partial charge in [-0.25, -0.2) is 0 Å². The van der Waals surface area contributed by atoms with Gasteiger partial charge in [0.05, 0.1) is 5.36 Å². The summed E-state index contributed by atoms with van der Waals surface area (Å²) in [5, 5.41) is 9.96. The van der Waals surface area contributed by atoms with Crippen molar-refractivity contribution in [3.63, 3.8) is 0 Å². The van der Waals surface area contributed by atoms with Gasteiger partial charge in [-0.2, -0.15) is 0 Å². The second kappa shape index (κ2) is 11.7. The van der Waals surface area contributed by atoms with E-state index in [-0.39, 0.29) is 6.15 Å². The van der Waals surface area contributed by atoms with Crippen LogP contribution in [0.3, 0.4) is 0 Å². The molecule has 3 aliphatic rings. The van der Waals surface area contributed by atoms with Crippen LogP contribution in [0.15, 0.2) is 59.0 Å². The van der Waals surface area contributed by atoms with Gasteiger partial charge in [0.15, 0.2) is 0 Å². The molecule has 4 nitrogen and oxygen atoms in total. The molecule has 2 heterocycles. The van der Waals surface area contributed by atoms with E-state index in [1.807, 2.05) is 12.1 Å². The van der Waals surface area contributed by atoms with E-state index in [1.54, 1.807) is 0 Å². The Kier molecular flexibility index (Phi) is 8.48. The van der Waals surface area contributed by atoms with Gasteiger partial charge < -0.3 is 20.9 Å². The lowest BCUT2D eigenvalue weighted by Gasteiger charge is -2.29. The fourth-order valence-corrected chi connectivity index (χ4v) is 5.65. The number of unbranched alkanes of at least 4 members (excludes halogenated alkanes) is 2. The summed E-state index contributed by atoms with van der Waals surface area (Å²) >= 11 is 0. The first-order valence-electron chi connectivity index (χ1n) is 13.6. The third-order valence-electron chi connectivity index (χ3n) is 7.53. The molecule has 190 valence electrons. The summed E-state index contributed by atoms with van der Waals surface area (Å²) in [7, 11) is 0. The van der Waals surface area contributed by atoms with Gasteiger partial charge in [0.25, 0.3) is 0 Å². The summed E-state index contributed by atoms with van der Waals surface area (Å²) < 4.78 is 6.49. The largest absolute Gasteiger partial charge is 0.456 e. The van der Waals surface area contributed by atoms with Crippen LogP contribution in [0.4, 0.5) is 5.69 Å². The van der Waals surface area contributed by atoms with Crippen molar-refractivity contribution in [1.29, 1.82) is 5.41 Å². The van der Waals surface area contributed by atoms with E-state index in [1.165, 1.54) is 78.3 Å². The van der Waals surface area contributed by atoms with Gasteiger partial charge in [-0.05, 0) is 92.0 Å². The molecule has 2 aromatic carbocycles. The van der Waals surface area contributed by atoms with Crippen LogP contribution < -0.4 is 16.4 Å². The number of piperidine rings is 1. The number of benzene rings is 3. The lowest BCUT2D eigenvalue weighted by atomic mass is 9.87. The molecular weight excluding hydrogens is 442 g/mol. The van der Waals surface area contributed by atoms with Gasteiger partial charge in [0, 0.05) is 41.4 Å². The number of nitrogens with one attached hydrogen (secondary N) is 1. The van der Waals surface area contributed by atoms with Crippen molar-refractivity contribution in [2.24, 2.45) is 0 Å². The standard InChI is InChI=1S/C32H38N2O.H3N/c1-3-5-11-23-15-18-29-32(27(23)14-6-4-2)31(28-17-16-25(33)22-30(28)35-29)24-12-10-13-26(21-24)34-19-8-7-9-20-34;/h10,12-13,15-18,21-22,33H,3-9,11,14,19-20H2,1-2H3;1H3. The van der Waals surface area contributed by atoms with Crippen molar-refractivity contribution in [1.82, 2.24) is 6.15 Å². The highest BCUT2D eigenvalue weighted by Crippen LogP contribution is 2.43. The molecule has 0 spiro atoms. The van der Waals surface area contributed by atoms with E-state index < -0.39 is 0 Å². The Labute approximate surface area is 215 Å². The maximum Gasteiger partial charge on any atom is 0.137 e. The number of rotatable bonds is 8. The van der Waals surface area contributed by atoms with Crippen LogP contribution in [0.5, 0.6) is 0 Å². The maximum atomic E-state index is 8.20. The van der Waals surface area contributed by atoms with Crippen LogP contribution in [-0.2, 0) is 12.8 Å². The zero-order chi connectivity index (χ0) is 24.2. The average Bonchev–Trinajstić information content (AvgIpc) is 2.90. The highest BCUT2D eigenvalue weighted by molar-refractivity contribution is 6.04. The number of fused-ring (bicyclic) bond motifs is 2. The summed E-state index contributed by atoms with van der Waals surface area (Å²) in [6.07, 6.45) is 10.8. The van der Waals surface area contributed by atoms with Crippen molar-refractivity contribution in [2.45, 2.75) is 71.6 Å². The van der Waals surface area contributed by atoms with Crippen LogP contribution >= 0.6 is 0 Å². The monoisotopic (exact) mass is 483 g/mol. The molecule has 0 amide bonds. The van der Waals surface area contributed by atoms with Crippen molar-refractivity contribution < 1.29 is 4.42 Å². The molecule has 4 N–H and O–H groups in total. The fraction of sp³-hybridized carbons (Fsp3) is 0.406. The normalized spacial score (nSPS) is 13.8. The van der Waals surface area contributed by atoms with Crippen LogP contribution in [0.2, 0.25) is 0 Å². The minimum absolute atomic E-state index is 0. The van der Waals surface area contributed by atoms with E-state index in [4.69, 9.17) is 9.83 Å². The molecule has 36 heavy (non-hydrogen) atoms. The Hall–Kier alpha value is -3.11. The van der Waals surface area contributed by atoms with Crippen LogP contribution in [0.25, 0.3) is 33.4 Å². The Morgan fingerprint density at radius 1 is 0.861 bits per heavy atom. The minimum Gasteiger partial charge on any atom is -0.456 e. The summed E-state index contributed by atoms with van der Waals surface area (Å²) in [5.41, 5.74) is 8.80. The molecule has 0 radical (unpaired) electrons. The van der Waals surface area contributed by atoms with Crippen molar-refractivity contribution >= 4 is 16.7 Å². The number of aryl methyl sites for hydroxylation is 2. The SMILES string of the molecule is CCCCc1ccc2oc3cc(=N)ccc-3c(-c3cccc(N4CCCCC4)c3)c2c1CCCC.N. The highest BCUT2D eigenvalue weighted by atomic mass is 16.3. The Balaban J connectivity index is 0.00000304. The predicted molar refractivity (Wildman–Crippen MR) is 152 cm³/mol. The smallest absolute Gasteiger partial charge is 0.137 e. The Morgan fingerprint density at radius 2 is 1.64 bits per heavy atom. The van der Waals surface area contributed by atoms with Gasteiger partial charge in [-0.3, -0.25) is 0 Å².